The SMILES string of the molecule is CC(=S)C12CCC(C(F)F)(CC1)CC2. The van der Waals surface area contributed by atoms with Gasteiger partial charge in [-0.25, -0.2) is 8.78 Å². The van der Waals surface area contributed by atoms with Gasteiger partial charge in [-0.05, 0) is 50.3 Å². The van der Waals surface area contributed by atoms with Gasteiger partial charge in [-0.1, -0.05) is 12.2 Å². The zero-order valence-electron chi connectivity index (χ0n) is 8.48. The lowest BCUT2D eigenvalue weighted by atomic mass is 9.53. The molecule has 3 aliphatic rings. The van der Waals surface area contributed by atoms with Gasteiger partial charge in [-0.2, -0.15) is 0 Å². The lowest BCUT2D eigenvalue weighted by Gasteiger charge is -2.53. The van der Waals surface area contributed by atoms with E-state index in [0.717, 1.165) is 24.1 Å². The monoisotopic (exact) mass is 218 g/mol. The minimum absolute atomic E-state index is 0.145. The van der Waals surface area contributed by atoms with Gasteiger partial charge in [-0.3, -0.25) is 0 Å². The molecule has 0 unspecified atom stereocenters. The molecule has 0 radical (unpaired) electrons. The van der Waals surface area contributed by atoms with Crippen molar-refractivity contribution >= 4 is 17.1 Å². The Bertz CT molecular complexity index is 235. The van der Waals surface area contributed by atoms with E-state index in [4.69, 9.17) is 12.2 Å². The number of halogens is 2. The summed E-state index contributed by atoms with van der Waals surface area (Å²) in [7, 11) is 0. The van der Waals surface area contributed by atoms with Crippen LogP contribution in [-0.2, 0) is 0 Å². The first-order valence-electron chi connectivity index (χ1n) is 5.30. The second kappa shape index (κ2) is 3.22. The van der Waals surface area contributed by atoms with Gasteiger partial charge in [-0.15, -0.1) is 0 Å². The standard InChI is InChI=1S/C11H16F2S/c1-8(14)10-2-5-11(6-3-10,7-4-10)9(12)13/h9H,2-7H2,1H3. The van der Waals surface area contributed by atoms with Crippen molar-refractivity contribution in [3.63, 3.8) is 0 Å². The largest absolute Gasteiger partial charge is 0.244 e. The van der Waals surface area contributed by atoms with Crippen molar-refractivity contribution in [1.82, 2.24) is 0 Å². The predicted molar refractivity (Wildman–Crippen MR) is 56.8 cm³/mol. The van der Waals surface area contributed by atoms with Crippen molar-refractivity contribution < 1.29 is 8.78 Å². The van der Waals surface area contributed by atoms with Gasteiger partial charge in [0, 0.05) is 10.8 Å². The fraction of sp³-hybridized carbons (Fsp3) is 0.909. The van der Waals surface area contributed by atoms with Gasteiger partial charge < -0.3 is 0 Å². The molecule has 14 heavy (non-hydrogen) atoms. The Morgan fingerprint density at radius 2 is 1.50 bits per heavy atom. The first-order chi connectivity index (χ1) is 6.51. The first kappa shape index (κ1) is 10.5. The van der Waals surface area contributed by atoms with E-state index in [9.17, 15) is 8.78 Å². The van der Waals surface area contributed by atoms with E-state index in [1.165, 1.54) is 0 Å². The molecule has 0 heterocycles. The van der Waals surface area contributed by atoms with E-state index in [0.29, 0.717) is 19.3 Å². The molecule has 0 saturated heterocycles. The summed E-state index contributed by atoms with van der Waals surface area (Å²) in [6.07, 6.45) is 2.59. The second-order valence-corrected chi connectivity index (χ2v) is 5.61. The summed E-state index contributed by atoms with van der Waals surface area (Å²) < 4.78 is 25.8. The van der Waals surface area contributed by atoms with E-state index in [1.807, 2.05) is 6.92 Å². The van der Waals surface area contributed by atoms with Gasteiger partial charge in [0.05, 0.1) is 0 Å². The fourth-order valence-electron chi connectivity index (χ4n) is 3.07. The highest BCUT2D eigenvalue weighted by Crippen LogP contribution is 2.59. The minimum atomic E-state index is -2.13. The molecule has 2 bridgehead atoms. The second-order valence-electron chi connectivity index (χ2n) is 5.00. The van der Waals surface area contributed by atoms with E-state index >= 15 is 0 Å². The van der Waals surface area contributed by atoms with Crippen LogP contribution < -0.4 is 0 Å². The van der Waals surface area contributed by atoms with Crippen LogP contribution in [0.4, 0.5) is 8.78 Å². The molecule has 0 aromatic carbocycles. The highest BCUT2D eigenvalue weighted by molar-refractivity contribution is 7.80. The number of hydrogen-bond acceptors (Lipinski definition) is 1. The minimum Gasteiger partial charge on any atom is -0.210 e. The lowest BCUT2D eigenvalue weighted by molar-refractivity contribution is -0.0873. The quantitative estimate of drug-likeness (QED) is 0.632. The third-order valence-electron chi connectivity index (χ3n) is 4.51. The van der Waals surface area contributed by atoms with Crippen molar-refractivity contribution in [1.29, 1.82) is 0 Å². The van der Waals surface area contributed by atoms with Crippen LogP contribution in [0, 0.1) is 10.8 Å². The zero-order valence-corrected chi connectivity index (χ0v) is 9.30. The van der Waals surface area contributed by atoms with Gasteiger partial charge in [0.2, 0.25) is 6.43 Å². The third-order valence-corrected chi connectivity index (χ3v) is 4.95. The van der Waals surface area contributed by atoms with Crippen LogP contribution in [0.1, 0.15) is 45.4 Å². The highest BCUT2D eigenvalue weighted by Gasteiger charge is 2.53. The first-order valence-corrected chi connectivity index (χ1v) is 5.71. The lowest BCUT2D eigenvalue weighted by Crippen LogP contribution is -2.47. The van der Waals surface area contributed by atoms with Crippen molar-refractivity contribution in [3.8, 4) is 0 Å². The fourth-order valence-corrected chi connectivity index (χ4v) is 3.38. The summed E-state index contributed by atoms with van der Waals surface area (Å²) in [6.45, 7) is 1.98. The van der Waals surface area contributed by atoms with Gasteiger partial charge >= 0.3 is 0 Å². The molecule has 3 rings (SSSR count). The summed E-state index contributed by atoms with van der Waals surface area (Å²) in [4.78, 5) is 1.04. The normalized spacial score (nSPS) is 41.7. The maximum absolute atomic E-state index is 12.9. The molecule has 0 aliphatic heterocycles. The average molecular weight is 218 g/mol. The van der Waals surface area contributed by atoms with Crippen LogP contribution in [0.2, 0.25) is 0 Å². The van der Waals surface area contributed by atoms with E-state index in [1.54, 1.807) is 0 Å². The van der Waals surface area contributed by atoms with E-state index < -0.39 is 11.8 Å². The van der Waals surface area contributed by atoms with Crippen LogP contribution >= 0.6 is 12.2 Å². The van der Waals surface area contributed by atoms with E-state index in [-0.39, 0.29) is 5.41 Å². The van der Waals surface area contributed by atoms with Crippen LogP contribution in [0.3, 0.4) is 0 Å². The van der Waals surface area contributed by atoms with Crippen LogP contribution in [0.15, 0.2) is 0 Å². The maximum atomic E-state index is 12.9. The van der Waals surface area contributed by atoms with Crippen LogP contribution in [0.25, 0.3) is 0 Å². The summed E-state index contributed by atoms with van der Waals surface area (Å²) in [5.74, 6) is 0. The molecule has 3 aliphatic carbocycles. The number of alkyl halides is 2. The molecule has 3 saturated carbocycles. The average Bonchev–Trinajstić information content (AvgIpc) is 2.20. The third kappa shape index (κ3) is 1.32. The number of thiocarbonyl (C=S) groups is 1. The Morgan fingerprint density at radius 1 is 1.07 bits per heavy atom. The predicted octanol–water partition coefficient (Wildman–Crippen LogP) is 3.98. The molecular formula is C11H16F2S. The molecular weight excluding hydrogens is 202 g/mol. The van der Waals surface area contributed by atoms with Crippen molar-refractivity contribution in [2.24, 2.45) is 10.8 Å². The Kier molecular flexibility index (Phi) is 2.41. The Hall–Kier alpha value is -0.0500. The Labute approximate surface area is 89.1 Å². The summed E-state index contributed by atoms with van der Waals surface area (Å²) >= 11 is 5.27. The van der Waals surface area contributed by atoms with Crippen molar-refractivity contribution in [3.05, 3.63) is 0 Å². The Morgan fingerprint density at radius 3 is 1.79 bits per heavy atom. The topological polar surface area (TPSA) is 0 Å². The van der Waals surface area contributed by atoms with Crippen molar-refractivity contribution in [2.75, 3.05) is 0 Å². The molecule has 80 valence electrons. The van der Waals surface area contributed by atoms with Crippen molar-refractivity contribution in [2.45, 2.75) is 51.9 Å². The van der Waals surface area contributed by atoms with Gasteiger partial charge in [0.1, 0.15) is 0 Å². The van der Waals surface area contributed by atoms with Crippen LogP contribution in [-0.4, -0.2) is 11.3 Å². The highest BCUT2D eigenvalue weighted by atomic mass is 32.1. The molecule has 3 heteroatoms. The molecule has 0 aromatic heterocycles. The smallest absolute Gasteiger partial charge is 0.210 e. The number of rotatable bonds is 2. The van der Waals surface area contributed by atoms with E-state index in [2.05, 4.69) is 0 Å². The Balaban J connectivity index is 2.17. The van der Waals surface area contributed by atoms with Gasteiger partial charge in [0.15, 0.2) is 0 Å². The van der Waals surface area contributed by atoms with Gasteiger partial charge in [0.25, 0.3) is 0 Å². The molecule has 0 amide bonds. The summed E-state index contributed by atoms with van der Waals surface area (Å²) in [5, 5.41) is 0. The molecule has 3 fully saturated rings. The van der Waals surface area contributed by atoms with Crippen LogP contribution in [0.5, 0.6) is 0 Å². The molecule has 0 spiro atoms. The zero-order chi connectivity index (χ0) is 10.4. The molecule has 0 N–H and O–H groups in total. The maximum Gasteiger partial charge on any atom is 0.244 e. The molecule has 0 atom stereocenters. The summed E-state index contributed by atoms with van der Waals surface area (Å²) in [6, 6.07) is 0. The molecule has 0 nitrogen and oxygen atoms in total. The molecule has 0 aromatic rings. The number of hydrogen-bond donors (Lipinski definition) is 0. The number of fused-ring (bicyclic) bond motifs is 3. The summed E-state index contributed by atoms with van der Waals surface area (Å²) in [5.41, 5.74) is -0.501.